The van der Waals surface area contributed by atoms with Gasteiger partial charge < -0.3 is 9.47 Å². The largest absolute Gasteiger partial charge is 0.493 e. The molecule has 2 amide bonds. The van der Waals surface area contributed by atoms with Crippen molar-refractivity contribution in [1.29, 1.82) is 0 Å². The van der Waals surface area contributed by atoms with Crippen molar-refractivity contribution < 1.29 is 37.3 Å². The first-order chi connectivity index (χ1) is 15.9. The summed E-state index contributed by atoms with van der Waals surface area (Å²) in [5, 5.41) is 22.9. The molecule has 1 aliphatic rings. The molecule has 1 unspecified atom stereocenters. The minimum Gasteiger partial charge on any atom is -0.493 e. The van der Waals surface area contributed by atoms with E-state index >= 15 is 0 Å². The molecule has 1 aliphatic heterocycles. The zero-order chi connectivity index (χ0) is 25.4. The van der Waals surface area contributed by atoms with Crippen LogP contribution in [0.25, 0.3) is 0 Å². The van der Waals surface area contributed by atoms with Gasteiger partial charge in [0.25, 0.3) is 11.8 Å². The molecule has 180 valence electrons. The Bertz CT molecular complexity index is 1320. The quantitative estimate of drug-likeness (QED) is 0.286. The van der Waals surface area contributed by atoms with Gasteiger partial charge >= 0.3 is 11.4 Å². The zero-order valence-electron chi connectivity index (χ0n) is 18.2. The first-order valence-corrected chi connectivity index (χ1v) is 11.8. The van der Waals surface area contributed by atoms with Gasteiger partial charge in [-0.25, -0.2) is 8.42 Å². The summed E-state index contributed by atoms with van der Waals surface area (Å²) in [7, 11) is -2.40. The van der Waals surface area contributed by atoms with Gasteiger partial charge in [-0.3, -0.25) is 34.7 Å². The summed E-state index contributed by atoms with van der Waals surface area (Å²) < 4.78 is 35.1. The van der Waals surface area contributed by atoms with Gasteiger partial charge in [0, 0.05) is 12.3 Å². The van der Waals surface area contributed by atoms with E-state index in [9.17, 15) is 38.2 Å². The Morgan fingerprint density at radius 1 is 1.03 bits per heavy atom. The number of ether oxygens (including phenoxy) is 2. The van der Waals surface area contributed by atoms with E-state index in [1.807, 2.05) is 0 Å². The van der Waals surface area contributed by atoms with Crippen molar-refractivity contribution >= 4 is 33.0 Å². The Hall–Kier alpha value is -4.07. The number of hydrogen-bond donors (Lipinski definition) is 0. The third-order valence-corrected chi connectivity index (χ3v) is 5.98. The lowest BCUT2D eigenvalue weighted by atomic mass is 10.1. The van der Waals surface area contributed by atoms with Crippen LogP contribution >= 0.6 is 0 Å². The predicted octanol–water partition coefficient (Wildman–Crippen LogP) is 2.29. The van der Waals surface area contributed by atoms with E-state index in [-0.39, 0.29) is 17.9 Å². The molecular formula is C20H19N3O10S. The molecule has 0 spiro atoms. The lowest BCUT2D eigenvalue weighted by Crippen LogP contribution is -2.37. The van der Waals surface area contributed by atoms with E-state index in [1.165, 1.54) is 25.3 Å². The molecule has 0 N–H and O–H groups in total. The predicted molar refractivity (Wildman–Crippen MR) is 117 cm³/mol. The number of hydrogen-bond acceptors (Lipinski definition) is 10. The minimum absolute atomic E-state index is 0.182. The van der Waals surface area contributed by atoms with Gasteiger partial charge in [-0.05, 0) is 30.7 Å². The maximum Gasteiger partial charge on any atom is 0.359 e. The van der Waals surface area contributed by atoms with Crippen LogP contribution in [0.5, 0.6) is 11.5 Å². The van der Waals surface area contributed by atoms with Gasteiger partial charge in [0.15, 0.2) is 11.5 Å². The summed E-state index contributed by atoms with van der Waals surface area (Å²) >= 11 is 0. The number of benzene rings is 2. The van der Waals surface area contributed by atoms with Crippen LogP contribution in [0.1, 0.15) is 39.2 Å². The SMILES string of the molecule is CCOc1cc(C(CS(C)(=O)=O)N2C(=O)c3ccc([N+](=O)[O-])c([N+](=O)[O-])c3C2=O)ccc1OC. The summed E-state index contributed by atoms with van der Waals surface area (Å²) in [5.74, 6) is -2.39. The Kier molecular flexibility index (Phi) is 6.54. The highest BCUT2D eigenvalue weighted by Crippen LogP contribution is 2.42. The number of imide groups is 1. The molecule has 2 aromatic rings. The molecule has 0 bridgehead atoms. The molecule has 13 nitrogen and oxygen atoms in total. The summed E-state index contributed by atoms with van der Waals surface area (Å²) in [6.07, 6.45) is 0.901. The first kappa shape index (κ1) is 24.6. The van der Waals surface area contributed by atoms with Gasteiger partial charge in [-0.15, -0.1) is 0 Å². The van der Waals surface area contributed by atoms with Crippen LogP contribution < -0.4 is 9.47 Å². The molecular weight excluding hydrogens is 474 g/mol. The highest BCUT2D eigenvalue weighted by Gasteiger charge is 2.48. The van der Waals surface area contributed by atoms with Gasteiger partial charge in [0.2, 0.25) is 0 Å². The Morgan fingerprint density at radius 3 is 2.24 bits per heavy atom. The molecule has 0 aromatic heterocycles. The smallest absolute Gasteiger partial charge is 0.359 e. The molecule has 34 heavy (non-hydrogen) atoms. The van der Waals surface area contributed by atoms with E-state index in [0.717, 1.165) is 18.4 Å². The van der Waals surface area contributed by atoms with Crippen LogP contribution in [-0.4, -0.2) is 60.7 Å². The summed E-state index contributed by atoms with van der Waals surface area (Å²) in [6, 6.07) is 4.60. The van der Waals surface area contributed by atoms with E-state index in [4.69, 9.17) is 9.47 Å². The number of nitrogens with zero attached hydrogens (tertiary/aromatic N) is 3. The number of fused-ring (bicyclic) bond motifs is 1. The van der Waals surface area contributed by atoms with Crippen molar-refractivity contribution in [3.8, 4) is 11.5 Å². The van der Waals surface area contributed by atoms with Crippen LogP contribution in [0.3, 0.4) is 0 Å². The van der Waals surface area contributed by atoms with Crippen molar-refractivity contribution in [3.05, 3.63) is 67.3 Å². The monoisotopic (exact) mass is 493 g/mol. The molecule has 2 aromatic carbocycles. The molecule has 0 radical (unpaired) electrons. The molecule has 0 fully saturated rings. The molecule has 1 heterocycles. The van der Waals surface area contributed by atoms with E-state index < -0.39 is 65.8 Å². The van der Waals surface area contributed by atoms with E-state index in [0.29, 0.717) is 10.6 Å². The summed E-state index contributed by atoms with van der Waals surface area (Å²) in [4.78, 5) is 47.7. The van der Waals surface area contributed by atoms with E-state index in [2.05, 4.69) is 0 Å². The summed E-state index contributed by atoms with van der Waals surface area (Å²) in [5.41, 5.74) is -3.11. The highest BCUT2D eigenvalue weighted by atomic mass is 32.2. The number of nitro benzene ring substituents is 2. The van der Waals surface area contributed by atoms with Crippen LogP contribution in [0.2, 0.25) is 0 Å². The number of rotatable bonds is 9. The van der Waals surface area contributed by atoms with Crippen molar-refractivity contribution in [1.82, 2.24) is 4.90 Å². The molecule has 0 saturated carbocycles. The zero-order valence-corrected chi connectivity index (χ0v) is 19.0. The maximum atomic E-state index is 13.3. The number of nitro groups is 2. The summed E-state index contributed by atoms with van der Waals surface area (Å²) in [6.45, 7) is 1.94. The molecule has 14 heteroatoms. The van der Waals surface area contributed by atoms with Crippen molar-refractivity contribution in [3.63, 3.8) is 0 Å². The topological polar surface area (TPSA) is 176 Å². The first-order valence-electron chi connectivity index (χ1n) is 9.73. The number of methoxy groups -OCH3 is 1. The second-order valence-electron chi connectivity index (χ2n) is 7.30. The fourth-order valence-electron chi connectivity index (χ4n) is 3.71. The number of sulfone groups is 1. The Morgan fingerprint density at radius 2 is 1.71 bits per heavy atom. The van der Waals surface area contributed by atoms with Crippen LogP contribution in [0, 0.1) is 20.2 Å². The average molecular weight is 493 g/mol. The lowest BCUT2D eigenvalue weighted by Gasteiger charge is -2.26. The Balaban J connectivity index is 2.22. The van der Waals surface area contributed by atoms with Gasteiger partial charge in [-0.1, -0.05) is 6.07 Å². The fraction of sp³-hybridized carbons (Fsp3) is 0.300. The lowest BCUT2D eigenvalue weighted by molar-refractivity contribution is -0.422. The number of amides is 2. The normalized spacial score (nSPS) is 14.0. The average Bonchev–Trinajstić information content (AvgIpc) is 3.01. The second kappa shape index (κ2) is 9.05. The minimum atomic E-state index is -3.79. The molecule has 0 aliphatic carbocycles. The highest BCUT2D eigenvalue weighted by molar-refractivity contribution is 7.90. The molecule has 3 rings (SSSR count). The third-order valence-electron chi connectivity index (χ3n) is 5.06. The molecule has 0 saturated heterocycles. The third kappa shape index (κ3) is 4.39. The Labute approximate surface area is 193 Å². The van der Waals surface area contributed by atoms with Crippen molar-refractivity contribution in [2.45, 2.75) is 13.0 Å². The fourth-order valence-corrected chi connectivity index (χ4v) is 4.62. The van der Waals surface area contributed by atoms with Crippen LogP contribution in [0.15, 0.2) is 30.3 Å². The number of carbonyl (C=O) groups excluding carboxylic acids is 2. The molecule has 1 atom stereocenters. The van der Waals surface area contributed by atoms with E-state index in [1.54, 1.807) is 6.92 Å². The van der Waals surface area contributed by atoms with Gasteiger partial charge in [-0.2, -0.15) is 0 Å². The maximum absolute atomic E-state index is 13.3. The van der Waals surface area contributed by atoms with Crippen molar-refractivity contribution in [2.75, 3.05) is 25.7 Å². The standard InChI is InChI=1S/C20H19N3O10S/c1-4-33-16-9-11(5-8-15(16)32-2)14(10-34(3,30)31)21-19(24)12-6-7-13(22(26)27)18(23(28)29)17(12)20(21)25/h5-9,14H,4,10H2,1-3H3. The van der Waals surface area contributed by atoms with Crippen LogP contribution in [0.4, 0.5) is 11.4 Å². The number of carbonyl (C=O) groups is 2. The van der Waals surface area contributed by atoms with Gasteiger partial charge in [0.1, 0.15) is 15.4 Å². The van der Waals surface area contributed by atoms with Crippen molar-refractivity contribution in [2.24, 2.45) is 0 Å². The second-order valence-corrected chi connectivity index (χ2v) is 9.49. The van der Waals surface area contributed by atoms with Crippen LogP contribution in [-0.2, 0) is 9.84 Å². The van der Waals surface area contributed by atoms with Gasteiger partial charge in [0.05, 0.1) is 40.9 Å².